The van der Waals surface area contributed by atoms with Crippen LogP contribution in [0.3, 0.4) is 0 Å². The van der Waals surface area contributed by atoms with Crippen molar-refractivity contribution in [3.05, 3.63) is 95.6 Å². The molecule has 0 aromatic heterocycles. The predicted molar refractivity (Wildman–Crippen MR) is 150 cm³/mol. The van der Waals surface area contributed by atoms with Gasteiger partial charge in [-0.3, -0.25) is 9.59 Å². The monoisotopic (exact) mass is 515 g/mol. The van der Waals surface area contributed by atoms with Crippen LogP contribution in [0, 0.1) is 0 Å². The third-order valence-electron chi connectivity index (χ3n) is 6.19. The summed E-state index contributed by atoms with van der Waals surface area (Å²) in [5, 5.41) is 11.1. The molecule has 3 rings (SSSR count). The fourth-order valence-electron chi connectivity index (χ4n) is 3.90. The number of nitrogens with one attached hydrogen (secondary N) is 4. The van der Waals surface area contributed by atoms with Gasteiger partial charge in [-0.05, 0) is 54.5 Å². The largest absolute Gasteiger partial charge is 0.350 e. The van der Waals surface area contributed by atoms with E-state index in [1.807, 2.05) is 78.9 Å². The maximum atomic E-state index is 13.1. The maximum absolute atomic E-state index is 13.1. The molecule has 0 unspecified atom stereocenters. The molecule has 0 saturated heterocycles. The smallest absolute Gasteiger partial charge is 0.314 e. The fourth-order valence-corrected chi connectivity index (χ4v) is 3.90. The molecule has 0 bridgehead atoms. The van der Waals surface area contributed by atoms with Crippen LogP contribution in [0.5, 0.6) is 0 Å². The highest BCUT2D eigenvalue weighted by Gasteiger charge is 2.27. The van der Waals surface area contributed by atoms with E-state index in [4.69, 9.17) is 5.73 Å². The van der Waals surface area contributed by atoms with E-state index in [1.165, 1.54) is 0 Å². The second-order valence-electron chi connectivity index (χ2n) is 9.78. The van der Waals surface area contributed by atoms with Crippen molar-refractivity contribution >= 4 is 17.8 Å². The van der Waals surface area contributed by atoms with Gasteiger partial charge in [0.15, 0.2) is 0 Å². The Kier molecular flexibility index (Phi) is 10.0. The van der Waals surface area contributed by atoms with Crippen molar-refractivity contribution in [2.45, 2.75) is 51.4 Å². The Morgan fingerprint density at radius 1 is 0.816 bits per heavy atom. The van der Waals surface area contributed by atoms with Crippen molar-refractivity contribution < 1.29 is 14.4 Å². The molecule has 0 aliphatic heterocycles. The number of carbonyl (C=O) groups is 3. The van der Waals surface area contributed by atoms with Gasteiger partial charge < -0.3 is 27.0 Å². The minimum absolute atomic E-state index is 0.237. The van der Waals surface area contributed by atoms with E-state index in [0.29, 0.717) is 25.9 Å². The summed E-state index contributed by atoms with van der Waals surface area (Å²) in [6, 6.07) is 24.7. The van der Waals surface area contributed by atoms with E-state index in [2.05, 4.69) is 21.3 Å². The van der Waals surface area contributed by atoms with Crippen LogP contribution in [0.2, 0.25) is 0 Å². The number of hydrogen-bond donors (Lipinski definition) is 5. The van der Waals surface area contributed by atoms with Gasteiger partial charge in [0.2, 0.25) is 11.8 Å². The first-order valence-electron chi connectivity index (χ1n) is 12.7. The molecular weight excluding hydrogens is 478 g/mol. The third kappa shape index (κ3) is 8.45. The lowest BCUT2D eigenvalue weighted by Crippen LogP contribution is -2.55. The zero-order chi connectivity index (χ0) is 27.5. The van der Waals surface area contributed by atoms with Crippen molar-refractivity contribution in [1.29, 1.82) is 0 Å². The van der Waals surface area contributed by atoms with Crippen molar-refractivity contribution in [1.82, 2.24) is 21.3 Å². The Labute approximate surface area is 224 Å². The van der Waals surface area contributed by atoms with E-state index in [1.54, 1.807) is 20.9 Å². The summed E-state index contributed by atoms with van der Waals surface area (Å²) >= 11 is 0. The van der Waals surface area contributed by atoms with Crippen molar-refractivity contribution in [2.24, 2.45) is 5.73 Å². The summed E-state index contributed by atoms with van der Waals surface area (Å²) in [6.07, 6.45) is 1.10. The quantitative estimate of drug-likeness (QED) is 0.269. The van der Waals surface area contributed by atoms with Gasteiger partial charge in [-0.1, -0.05) is 78.9 Å². The highest BCUT2D eigenvalue weighted by Crippen LogP contribution is 2.24. The fraction of sp³-hybridized carbons (Fsp3) is 0.300. The van der Waals surface area contributed by atoms with Gasteiger partial charge in [0.25, 0.3) is 0 Å². The summed E-state index contributed by atoms with van der Waals surface area (Å²) < 4.78 is 0. The Bertz CT molecular complexity index is 1220. The number of hydrogen-bond acceptors (Lipinski definition) is 4. The van der Waals surface area contributed by atoms with Crippen molar-refractivity contribution in [3.8, 4) is 11.1 Å². The molecule has 0 heterocycles. The molecule has 3 aromatic rings. The predicted octanol–water partition coefficient (Wildman–Crippen LogP) is 3.25. The second-order valence-corrected chi connectivity index (χ2v) is 9.78. The molecule has 0 aliphatic rings. The lowest BCUT2D eigenvalue weighted by molar-refractivity contribution is -0.131. The van der Waals surface area contributed by atoms with Crippen LogP contribution in [0.15, 0.2) is 78.9 Å². The molecule has 0 saturated carbocycles. The Morgan fingerprint density at radius 2 is 1.47 bits per heavy atom. The lowest BCUT2D eigenvalue weighted by Gasteiger charge is -2.24. The van der Waals surface area contributed by atoms with E-state index in [-0.39, 0.29) is 17.8 Å². The normalized spacial score (nSPS) is 11.8. The summed E-state index contributed by atoms with van der Waals surface area (Å²) in [5.74, 6) is -0.632. The average molecular weight is 516 g/mol. The number of benzene rings is 3. The topological polar surface area (TPSA) is 125 Å². The van der Waals surface area contributed by atoms with Crippen LogP contribution in [0.4, 0.5) is 4.79 Å². The summed E-state index contributed by atoms with van der Waals surface area (Å²) in [4.78, 5) is 37.2. The second kappa shape index (κ2) is 13.4. The summed E-state index contributed by atoms with van der Waals surface area (Å²) in [6.45, 7) is 3.96. The molecule has 0 radical (unpaired) electrons. The number of urea groups is 1. The minimum atomic E-state index is -1.09. The molecule has 200 valence electrons. The van der Waals surface area contributed by atoms with Gasteiger partial charge >= 0.3 is 6.03 Å². The first-order valence-corrected chi connectivity index (χ1v) is 12.7. The summed E-state index contributed by atoms with van der Waals surface area (Å²) in [5.41, 5.74) is 9.90. The molecule has 1 atom stereocenters. The van der Waals surface area contributed by atoms with Gasteiger partial charge in [0.05, 0.1) is 5.54 Å². The maximum Gasteiger partial charge on any atom is 0.314 e. The van der Waals surface area contributed by atoms with Gasteiger partial charge in [-0.2, -0.15) is 0 Å². The van der Waals surface area contributed by atoms with E-state index in [9.17, 15) is 14.4 Å². The molecular formula is C30H37N5O3. The highest BCUT2D eigenvalue weighted by atomic mass is 16.2. The number of rotatable bonds is 11. The van der Waals surface area contributed by atoms with Crippen LogP contribution < -0.4 is 27.0 Å². The van der Waals surface area contributed by atoms with E-state index >= 15 is 0 Å². The van der Waals surface area contributed by atoms with Gasteiger partial charge in [0, 0.05) is 20.1 Å². The average Bonchev–Trinajstić information content (AvgIpc) is 2.93. The zero-order valence-corrected chi connectivity index (χ0v) is 22.2. The van der Waals surface area contributed by atoms with E-state index in [0.717, 1.165) is 27.8 Å². The third-order valence-corrected chi connectivity index (χ3v) is 6.19. The van der Waals surface area contributed by atoms with Gasteiger partial charge in [0.1, 0.15) is 6.04 Å². The van der Waals surface area contributed by atoms with Crippen LogP contribution in [-0.4, -0.2) is 36.5 Å². The molecule has 0 spiro atoms. The Balaban J connectivity index is 1.64. The van der Waals surface area contributed by atoms with E-state index < -0.39 is 11.6 Å². The van der Waals surface area contributed by atoms with Crippen LogP contribution in [0.25, 0.3) is 11.1 Å². The highest BCUT2D eigenvalue weighted by molar-refractivity contribution is 5.91. The molecule has 0 fully saturated rings. The molecule has 6 N–H and O–H groups in total. The number of amides is 4. The standard InChI is InChI=1S/C30H37N5O3/c1-30(2,31)28(37)35-26(18-15-21-9-5-4-6-10-21)27(36)33-19-22-13-16-23(17-14-22)25-12-8-7-11-24(25)20-34-29(38)32-3/h4-14,16-17,26H,15,18-20,31H2,1-3H3,(H,33,36)(H,35,37)(H2,32,34,38)/t26-/m1/s1. The van der Waals surface area contributed by atoms with Crippen LogP contribution in [0.1, 0.15) is 37.0 Å². The first-order chi connectivity index (χ1) is 18.2. The number of carbonyl (C=O) groups excluding carboxylic acids is 3. The molecule has 38 heavy (non-hydrogen) atoms. The molecule has 8 heteroatoms. The molecule has 0 aliphatic carbocycles. The number of nitrogens with two attached hydrogens (primary N) is 1. The van der Waals surface area contributed by atoms with Crippen LogP contribution in [-0.2, 0) is 29.1 Å². The summed E-state index contributed by atoms with van der Waals surface area (Å²) in [7, 11) is 1.58. The van der Waals surface area contributed by atoms with Crippen molar-refractivity contribution in [2.75, 3.05) is 7.05 Å². The zero-order valence-electron chi connectivity index (χ0n) is 22.2. The Morgan fingerprint density at radius 3 is 2.13 bits per heavy atom. The van der Waals surface area contributed by atoms with Crippen molar-refractivity contribution in [3.63, 3.8) is 0 Å². The van der Waals surface area contributed by atoms with Gasteiger partial charge in [-0.25, -0.2) is 4.79 Å². The first kappa shape index (κ1) is 28.4. The van der Waals surface area contributed by atoms with Crippen LogP contribution >= 0.6 is 0 Å². The molecule has 3 aromatic carbocycles. The number of aryl methyl sites for hydroxylation is 1. The minimum Gasteiger partial charge on any atom is -0.350 e. The Hall–Kier alpha value is -4.17. The SMILES string of the molecule is CNC(=O)NCc1ccccc1-c1ccc(CNC(=O)[C@@H](CCc2ccccc2)NC(=O)C(C)(C)N)cc1. The molecule has 4 amide bonds. The molecule has 8 nitrogen and oxygen atoms in total. The van der Waals surface area contributed by atoms with Gasteiger partial charge in [-0.15, -0.1) is 0 Å². The lowest BCUT2D eigenvalue weighted by atomic mass is 9.98.